The zero-order chi connectivity index (χ0) is 27.3. The van der Waals surface area contributed by atoms with Crippen LogP contribution in [0.3, 0.4) is 0 Å². The molecule has 0 saturated carbocycles. The molecule has 5 heterocycles. The van der Waals surface area contributed by atoms with Gasteiger partial charge in [0.2, 0.25) is 5.95 Å². The van der Waals surface area contributed by atoms with E-state index in [9.17, 15) is 22.8 Å². The van der Waals surface area contributed by atoms with Gasteiger partial charge in [0.1, 0.15) is 5.52 Å². The molecule has 1 aliphatic rings. The predicted octanol–water partition coefficient (Wildman–Crippen LogP) is 3.62. The number of thiazole rings is 1. The smallest absolute Gasteiger partial charge is 0.345 e. The maximum atomic E-state index is 13.4. The third-order valence-corrected chi connectivity index (χ3v) is 7.57. The molecule has 1 saturated heterocycles. The van der Waals surface area contributed by atoms with Crippen LogP contribution in [0.15, 0.2) is 59.0 Å². The molecule has 6 rings (SSSR count). The van der Waals surface area contributed by atoms with Crippen LogP contribution in [0.2, 0.25) is 0 Å². The Labute approximate surface area is 222 Å². The minimum atomic E-state index is -4.47. The van der Waals surface area contributed by atoms with Gasteiger partial charge in [0, 0.05) is 43.3 Å². The second kappa shape index (κ2) is 9.38. The topological polar surface area (TPSA) is 104 Å². The van der Waals surface area contributed by atoms with Gasteiger partial charge in [-0.2, -0.15) is 18.3 Å². The summed E-state index contributed by atoms with van der Waals surface area (Å²) in [5.41, 5.74) is 0.588. The number of halogens is 3. The third kappa shape index (κ3) is 4.46. The number of carbonyl (C=O) groups is 1. The summed E-state index contributed by atoms with van der Waals surface area (Å²) in [6.07, 6.45) is -1.37. The molecule has 0 bridgehead atoms. The quantitative estimate of drug-likeness (QED) is 0.364. The molecule has 0 radical (unpaired) electrons. The van der Waals surface area contributed by atoms with E-state index < -0.39 is 11.7 Å². The summed E-state index contributed by atoms with van der Waals surface area (Å²) < 4.78 is 43.2. The number of nitrogens with one attached hydrogen (secondary N) is 1. The number of rotatable bonds is 4. The minimum absolute atomic E-state index is 0.0422. The Morgan fingerprint density at radius 3 is 2.62 bits per heavy atom. The first-order chi connectivity index (χ1) is 18.7. The van der Waals surface area contributed by atoms with Gasteiger partial charge in [-0.25, -0.2) is 14.2 Å². The fraction of sp³-hybridized carbons (Fsp3) is 0.240. The Kier molecular flexibility index (Phi) is 5.98. The molecule has 39 heavy (non-hydrogen) atoms. The highest BCUT2D eigenvalue weighted by Gasteiger charge is 2.34. The first-order valence-electron chi connectivity index (χ1n) is 12.0. The van der Waals surface area contributed by atoms with Gasteiger partial charge < -0.3 is 9.80 Å². The summed E-state index contributed by atoms with van der Waals surface area (Å²) in [5.74, 6) is -0.0153. The van der Waals surface area contributed by atoms with E-state index in [2.05, 4.69) is 20.2 Å². The number of anilines is 1. The summed E-state index contributed by atoms with van der Waals surface area (Å²) in [7, 11) is 0. The van der Waals surface area contributed by atoms with Gasteiger partial charge in [0.25, 0.3) is 11.5 Å². The number of fused-ring (bicyclic) bond motifs is 1. The molecule has 1 N–H and O–H groups in total. The highest BCUT2D eigenvalue weighted by molar-refractivity contribution is 7.14. The van der Waals surface area contributed by atoms with Crippen molar-refractivity contribution >= 4 is 27.9 Å². The molecule has 1 amide bonds. The lowest BCUT2D eigenvalue weighted by atomic mass is 10.1. The van der Waals surface area contributed by atoms with E-state index in [0.29, 0.717) is 48.1 Å². The Hall–Kier alpha value is -4.46. The van der Waals surface area contributed by atoms with Crippen molar-refractivity contribution in [1.29, 1.82) is 0 Å². The number of hydrogen-bond donors (Lipinski definition) is 1. The number of aromatic nitrogens is 6. The summed E-state index contributed by atoms with van der Waals surface area (Å²) in [5, 5.41) is 10.9. The van der Waals surface area contributed by atoms with Crippen LogP contribution in [-0.2, 0) is 6.18 Å². The fourth-order valence-electron chi connectivity index (χ4n) is 4.62. The molecule has 1 fully saturated rings. The average molecular weight is 555 g/mol. The average Bonchev–Trinajstić information content (AvgIpc) is 3.68. The van der Waals surface area contributed by atoms with Gasteiger partial charge in [0.15, 0.2) is 5.13 Å². The number of aromatic amines is 1. The normalized spacial score (nSPS) is 14.4. The largest absolute Gasteiger partial charge is 0.417 e. The molecule has 1 aromatic carbocycles. The monoisotopic (exact) mass is 554 g/mol. The first-order valence-corrected chi connectivity index (χ1v) is 12.9. The molecular formula is C25H21F3N8O2S. The van der Waals surface area contributed by atoms with Crippen LogP contribution in [0.5, 0.6) is 0 Å². The Bertz CT molecular complexity index is 1740. The maximum Gasteiger partial charge on any atom is 0.417 e. The highest BCUT2D eigenvalue weighted by Crippen LogP contribution is 2.38. The van der Waals surface area contributed by atoms with Crippen molar-refractivity contribution in [2.45, 2.75) is 13.1 Å². The van der Waals surface area contributed by atoms with E-state index in [0.717, 1.165) is 6.07 Å². The van der Waals surface area contributed by atoms with E-state index in [1.165, 1.54) is 38.9 Å². The van der Waals surface area contributed by atoms with Crippen molar-refractivity contribution in [2.24, 2.45) is 0 Å². The number of hydrogen-bond acceptors (Lipinski definition) is 7. The van der Waals surface area contributed by atoms with Gasteiger partial charge in [-0.1, -0.05) is 18.2 Å². The molecule has 200 valence electrons. The minimum Gasteiger partial charge on any atom is -0.345 e. The van der Waals surface area contributed by atoms with Crippen LogP contribution in [0, 0.1) is 6.92 Å². The van der Waals surface area contributed by atoms with Crippen LogP contribution in [0.4, 0.5) is 18.3 Å². The molecule has 1 aliphatic heterocycles. The molecule has 0 aliphatic carbocycles. The number of carbonyl (C=O) groups excluding carboxylic acids is 1. The number of nitrogens with zero attached hydrogens (tertiary/aromatic N) is 7. The number of alkyl halides is 3. The second-order valence-electron chi connectivity index (χ2n) is 9.01. The first kappa shape index (κ1) is 24.9. The van der Waals surface area contributed by atoms with E-state index in [4.69, 9.17) is 0 Å². The van der Waals surface area contributed by atoms with Crippen molar-refractivity contribution in [2.75, 3.05) is 31.1 Å². The van der Waals surface area contributed by atoms with Gasteiger partial charge in [-0.15, -0.1) is 16.4 Å². The highest BCUT2D eigenvalue weighted by atomic mass is 32.1. The maximum absolute atomic E-state index is 13.4. The van der Waals surface area contributed by atoms with Crippen LogP contribution >= 0.6 is 11.3 Å². The number of piperazine rings is 1. The Morgan fingerprint density at radius 1 is 1.08 bits per heavy atom. The third-order valence-electron chi connectivity index (χ3n) is 6.67. The molecule has 0 spiro atoms. The molecule has 14 heteroatoms. The van der Waals surface area contributed by atoms with Gasteiger partial charge in [-0.3, -0.25) is 14.6 Å². The summed E-state index contributed by atoms with van der Waals surface area (Å²) in [6, 6.07) is 8.74. The van der Waals surface area contributed by atoms with E-state index in [-0.39, 0.29) is 28.7 Å². The SMILES string of the molecule is Cc1c(C(=O)N2CCN(c3nc(-c4ccccc4C(F)(F)F)cs3)CC2)cnn1-c1nn2cccc2c(=O)[nH]1. The molecule has 0 unspecified atom stereocenters. The summed E-state index contributed by atoms with van der Waals surface area (Å²) in [4.78, 5) is 36.5. The van der Waals surface area contributed by atoms with Crippen LogP contribution in [-0.4, -0.2) is 66.3 Å². The molecule has 0 atom stereocenters. The van der Waals surface area contributed by atoms with Crippen LogP contribution < -0.4 is 10.5 Å². The van der Waals surface area contributed by atoms with Gasteiger partial charge in [0.05, 0.1) is 28.7 Å². The Morgan fingerprint density at radius 2 is 1.85 bits per heavy atom. The van der Waals surface area contributed by atoms with Gasteiger partial charge in [-0.05, 0) is 25.1 Å². The van der Waals surface area contributed by atoms with Crippen molar-refractivity contribution in [3.8, 4) is 17.2 Å². The zero-order valence-corrected chi connectivity index (χ0v) is 21.3. The lowest BCUT2D eigenvalue weighted by Gasteiger charge is -2.34. The van der Waals surface area contributed by atoms with E-state index >= 15 is 0 Å². The second-order valence-corrected chi connectivity index (χ2v) is 9.85. The predicted molar refractivity (Wildman–Crippen MR) is 138 cm³/mol. The van der Waals surface area contributed by atoms with Gasteiger partial charge >= 0.3 is 6.18 Å². The number of benzene rings is 1. The summed E-state index contributed by atoms with van der Waals surface area (Å²) in [6.45, 7) is 3.49. The van der Waals surface area contributed by atoms with E-state index in [1.54, 1.807) is 41.6 Å². The van der Waals surface area contributed by atoms with Crippen LogP contribution in [0.25, 0.3) is 22.7 Å². The standard InChI is InChI=1S/C25H21F3N8O2S/c1-15-17(13-29-36(15)23-31-21(37)20-7-4-8-35(20)32-23)22(38)33-9-11-34(12-10-33)24-30-19(14-39-24)16-5-2-3-6-18(16)25(26,27)28/h2-8,13-14H,9-12H2,1H3,(H,31,32,37). The molecular weight excluding hydrogens is 533 g/mol. The van der Waals surface area contributed by atoms with E-state index in [1.807, 2.05) is 4.90 Å². The zero-order valence-electron chi connectivity index (χ0n) is 20.5. The molecule has 4 aromatic heterocycles. The van der Waals surface area contributed by atoms with Crippen molar-refractivity contribution in [3.05, 3.63) is 81.3 Å². The molecule has 5 aromatic rings. The summed E-state index contributed by atoms with van der Waals surface area (Å²) >= 11 is 1.27. The number of amides is 1. The van der Waals surface area contributed by atoms with Crippen molar-refractivity contribution in [1.82, 2.24) is 34.3 Å². The molecule has 10 nitrogen and oxygen atoms in total. The Balaban J connectivity index is 1.16. The fourth-order valence-corrected chi connectivity index (χ4v) is 5.50. The van der Waals surface area contributed by atoms with Crippen LogP contribution in [0.1, 0.15) is 21.6 Å². The lowest BCUT2D eigenvalue weighted by Crippen LogP contribution is -2.48. The van der Waals surface area contributed by atoms with Crippen molar-refractivity contribution < 1.29 is 18.0 Å². The lowest BCUT2D eigenvalue weighted by molar-refractivity contribution is -0.137. The number of H-pyrrole nitrogens is 1. The van der Waals surface area contributed by atoms with Crippen molar-refractivity contribution in [3.63, 3.8) is 0 Å².